The number of hydrogen-bond donors (Lipinski definition) is 1. The molecule has 2 atom stereocenters. The summed E-state index contributed by atoms with van der Waals surface area (Å²) in [5, 5.41) is 9.24. The van der Waals surface area contributed by atoms with Crippen molar-refractivity contribution in [1.82, 2.24) is 4.90 Å². The molecule has 1 fully saturated rings. The first-order valence-corrected chi connectivity index (χ1v) is 9.00. The van der Waals surface area contributed by atoms with Gasteiger partial charge in [0.1, 0.15) is 6.04 Å². The van der Waals surface area contributed by atoms with Crippen LogP contribution in [-0.4, -0.2) is 44.8 Å². The molecule has 1 N–H and O–H groups in total. The summed E-state index contributed by atoms with van der Waals surface area (Å²) in [7, 11) is 0. The van der Waals surface area contributed by atoms with Gasteiger partial charge in [0.15, 0.2) is 0 Å². The van der Waals surface area contributed by atoms with Crippen LogP contribution in [0.25, 0.3) is 0 Å². The quantitative estimate of drug-likeness (QED) is 0.815. The van der Waals surface area contributed by atoms with Gasteiger partial charge in [0.2, 0.25) is 5.91 Å². The van der Waals surface area contributed by atoms with Crippen LogP contribution in [0.15, 0.2) is 35.2 Å². The number of carbonyl (C=O) groups excluding carboxylic acids is 1. The normalized spacial score (nSPS) is 21.5. The van der Waals surface area contributed by atoms with Crippen molar-refractivity contribution in [2.45, 2.75) is 36.1 Å². The lowest BCUT2D eigenvalue weighted by atomic mass is 10.2. The molecule has 1 aliphatic heterocycles. The molecule has 0 spiro atoms. The Bertz CT molecular complexity index is 495. The molecular formula is C15H19NO3S2. The molecule has 6 heteroatoms. The van der Waals surface area contributed by atoms with Crippen LogP contribution in [0.5, 0.6) is 0 Å². The van der Waals surface area contributed by atoms with Gasteiger partial charge < -0.3 is 10.0 Å². The Labute approximate surface area is 133 Å². The molecule has 0 saturated carbocycles. The highest BCUT2D eigenvalue weighted by Crippen LogP contribution is 2.32. The second-order valence-electron chi connectivity index (χ2n) is 4.76. The maximum Gasteiger partial charge on any atom is 0.327 e. The Kier molecular flexibility index (Phi) is 5.99. The zero-order valence-electron chi connectivity index (χ0n) is 11.9. The Morgan fingerprint density at radius 1 is 1.38 bits per heavy atom. The average molecular weight is 325 g/mol. The summed E-state index contributed by atoms with van der Waals surface area (Å²) in [5.74, 6) is 0.211. The fourth-order valence-corrected chi connectivity index (χ4v) is 4.54. The van der Waals surface area contributed by atoms with Gasteiger partial charge >= 0.3 is 5.97 Å². The van der Waals surface area contributed by atoms with E-state index in [1.54, 1.807) is 28.4 Å². The number of nitrogens with zero attached hydrogens (tertiary/aromatic N) is 1. The topological polar surface area (TPSA) is 57.6 Å². The minimum Gasteiger partial charge on any atom is -0.480 e. The summed E-state index contributed by atoms with van der Waals surface area (Å²) >= 11 is 3.19. The summed E-state index contributed by atoms with van der Waals surface area (Å²) in [6.07, 6.45) is 1.16. The lowest BCUT2D eigenvalue weighted by Crippen LogP contribution is -2.45. The monoisotopic (exact) mass is 325 g/mol. The van der Waals surface area contributed by atoms with Crippen molar-refractivity contribution in [1.29, 1.82) is 0 Å². The first kappa shape index (κ1) is 16.2. The van der Waals surface area contributed by atoms with Gasteiger partial charge in [-0.15, -0.1) is 23.5 Å². The summed E-state index contributed by atoms with van der Waals surface area (Å²) < 4.78 is 0. The van der Waals surface area contributed by atoms with E-state index < -0.39 is 12.0 Å². The maximum atomic E-state index is 12.4. The number of carbonyl (C=O) groups is 2. The average Bonchev–Trinajstić information content (AvgIpc) is 2.92. The van der Waals surface area contributed by atoms with Crippen molar-refractivity contribution >= 4 is 35.4 Å². The number of benzene rings is 1. The van der Waals surface area contributed by atoms with Crippen LogP contribution in [0.2, 0.25) is 0 Å². The number of thioether (sulfide) groups is 2. The van der Waals surface area contributed by atoms with Gasteiger partial charge in [-0.3, -0.25) is 4.79 Å². The minimum absolute atomic E-state index is 0.000301. The molecule has 0 aromatic heterocycles. The molecule has 4 nitrogen and oxygen atoms in total. The number of hydrogen-bond acceptors (Lipinski definition) is 4. The Morgan fingerprint density at radius 2 is 2.10 bits per heavy atom. The largest absolute Gasteiger partial charge is 0.480 e. The van der Waals surface area contributed by atoms with Crippen LogP contribution in [0.4, 0.5) is 0 Å². The van der Waals surface area contributed by atoms with Crippen LogP contribution in [0.3, 0.4) is 0 Å². The maximum absolute atomic E-state index is 12.4. The summed E-state index contributed by atoms with van der Waals surface area (Å²) in [5.41, 5.74) is 0. The molecule has 1 aliphatic rings. The van der Waals surface area contributed by atoms with Gasteiger partial charge in [-0.05, 0) is 18.6 Å². The van der Waals surface area contributed by atoms with Crippen molar-refractivity contribution in [2.24, 2.45) is 0 Å². The molecule has 1 saturated heterocycles. The third-order valence-electron chi connectivity index (χ3n) is 3.34. The number of carboxylic acids is 1. The van der Waals surface area contributed by atoms with Crippen molar-refractivity contribution in [2.75, 3.05) is 11.5 Å². The molecule has 1 heterocycles. The molecule has 2 unspecified atom stereocenters. The smallest absolute Gasteiger partial charge is 0.327 e. The number of rotatable bonds is 6. The Balaban J connectivity index is 1.90. The molecule has 0 radical (unpaired) electrons. The van der Waals surface area contributed by atoms with Crippen LogP contribution in [0.1, 0.15) is 19.8 Å². The van der Waals surface area contributed by atoms with E-state index in [0.717, 1.165) is 11.3 Å². The standard InChI is InChI=1S/C15H19NO3S2/c1-2-14-16(12(10-21-14)15(18)19)13(17)8-9-20-11-6-4-3-5-7-11/h3-7,12,14H,2,8-10H2,1H3,(H,18,19). The zero-order chi connectivity index (χ0) is 15.2. The van der Waals surface area contributed by atoms with Gasteiger partial charge in [0.05, 0.1) is 5.37 Å². The molecule has 1 aromatic rings. The van der Waals surface area contributed by atoms with Gasteiger partial charge in [0, 0.05) is 22.8 Å². The highest BCUT2D eigenvalue weighted by atomic mass is 32.2. The van der Waals surface area contributed by atoms with E-state index in [1.807, 2.05) is 37.3 Å². The number of aliphatic carboxylic acids is 1. The second kappa shape index (κ2) is 7.75. The molecular weight excluding hydrogens is 306 g/mol. The summed E-state index contributed by atoms with van der Waals surface area (Å²) in [6.45, 7) is 1.99. The van der Waals surface area contributed by atoms with Crippen molar-refractivity contribution in [3.63, 3.8) is 0 Å². The van der Waals surface area contributed by atoms with Crippen molar-refractivity contribution in [3.8, 4) is 0 Å². The third-order valence-corrected chi connectivity index (χ3v) is 5.81. The summed E-state index contributed by atoms with van der Waals surface area (Å²) in [4.78, 5) is 26.3. The zero-order valence-corrected chi connectivity index (χ0v) is 13.5. The van der Waals surface area contributed by atoms with E-state index in [2.05, 4.69) is 0 Å². The fraction of sp³-hybridized carbons (Fsp3) is 0.467. The van der Waals surface area contributed by atoms with E-state index in [-0.39, 0.29) is 11.3 Å². The van der Waals surface area contributed by atoms with E-state index in [9.17, 15) is 14.7 Å². The van der Waals surface area contributed by atoms with Crippen LogP contribution < -0.4 is 0 Å². The SMILES string of the molecule is CCC1SCC(C(=O)O)N1C(=O)CCSc1ccccc1. The predicted molar refractivity (Wildman–Crippen MR) is 86.6 cm³/mol. The molecule has 0 aliphatic carbocycles. The Morgan fingerprint density at radius 3 is 2.71 bits per heavy atom. The molecule has 2 rings (SSSR count). The highest BCUT2D eigenvalue weighted by molar-refractivity contribution is 8.00. The van der Waals surface area contributed by atoms with Gasteiger partial charge in [-0.2, -0.15) is 0 Å². The first-order chi connectivity index (χ1) is 10.1. The summed E-state index contributed by atoms with van der Waals surface area (Å²) in [6, 6.07) is 9.24. The van der Waals surface area contributed by atoms with Crippen LogP contribution in [-0.2, 0) is 9.59 Å². The lowest BCUT2D eigenvalue weighted by Gasteiger charge is -2.26. The molecule has 1 amide bonds. The van der Waals surface area contributed by atoms with Gasteiger partial charge in [-0.1, -0.05) is 25.1 Å². The lowest BCUT2D eigenvalue weighted by molar-refractivity contribution is -0.148. The van der Waals surface area contributed by atoms with Gasteiger partial charge in [-0.25, -0.2) is 4.79 Å². The number of amides is 1. The molecule has 21 heavy (non-hydrogen) atoms. The second-order valence-corrected chi connectivity index (χ2v) is 7.14. The Hall–Kier alpha value is -1.14. The first-order valence-electron chi connectivity index (χ1n) is 6.97. The molecule has 114 valence electrons. The van der Waals surface area contributed by atoms with Crippen LogP contribution in [0, 0.1) is 0 Å². The third kappa shape index (κ3) is 4.17. The van der Waals surface area contributed by atoms with Crippen molar-refractivity contribution < 1.29 is 14.7 Å². The fourth-order valence-electron chi connectivity index (χ4n) is 2.30. The highest BCUT2D eigenvalue weighted by Gasteiger charge is 2.40. The van der Waals surface area contributed by atoms with Gasteiger partial charge in [0.25, 0.3) is 0 Å². The van der Waals surface area contributed by atoms with Crippen LogP contribution >= 0.6 is 23.5 Å². The van der Waals surface area contributed by atoms with E-state index >= 15 is 0 Å². The van der Waals surface area contributed by atoms with Crippen molar-refractivity contribution in [3.05, 3.63) is 30.3 Å². The predicted octanol–water partition coefficient (Wildman–Crippen LogP) is 2.93. The molecule has 0 bridgehead atoms. The van der Waals surface area contributed by atoms with E-state index in [1.165, 1.54) is 0 Å². The minimum atomic E-state index is -0.900. The molecule has 1 aromatic carbocycles. The van der Waals surface area contributed by atoms with E-state index in [4.69, 9.17) is 0 Å². The van der Waals surface area contributed by atoms with E-state index in [0.29, 0.717) is 17.9 Å². The number of carboxylic acid groups (broad SMARTS) is 1.